The largest absolute Gasteiger partial charge is 0.508 e. The minimum Gasteiger partial charge on any atom is -0.508 e. The highest BCUT2D eigenvalue weighted by Crippen LogP contribution is 2.25. The van der Waals surface area contributed by atoms with Gasteiger partial charge >= 0.3 is 0 Å². The van der Waals surface area contributed by atoms with Gasteiger partial charge in [-0.05, 0) is 24.3 Å². The Balaban J connectivity index is 0.000000924. The zero-order valence-electron chi connectivity index (χ0n) is 12.9. The third-order valence-electron chi connectivity index (χ3n) is 3.08. The lowest BCUT2D eigenvalue weighted by molar-refractivity contribution is -0.384. The number of benzene rings is 2. The molecule has 0 amide bonds. The number of phenols is 1. The fourth-order valence-corrected chi connectivity index (χ4v) is 2.03. The first-order valence-electron chi connectivity index (χ1n) is 7.23. The lowest BCUT2D eigenvalue weighted by atomic mass is 10.1. The van der Waals surface area contributed by atoms with Gasteiger partial charge in [0.2, 0.25) is 0 Å². The van der Waals surface area contributed by atoms with Crippen molar-refractivity contribution in [2.75, 3.05) is 0 Å². The molecule has 0 aliphatic heterocycles. The Kier molecular flexibility index (Phi) is 5.09. The molecule has 0 aliphatic carbocycles. The lowest BCUT2D eigenvalue weighted by Crippen LogP contribution is -1.87. The predicted octanol–water partition coefficient (Wildman–Crippen LogP) is 4.38. The molecule has 0 aliphatic rings. The van der Waals surface area contributed by atoms with Crippen molar-refractivity contribution < 1.29 is 10.0 Å². The molecule has 1 aromatic heterocycles. The number of non-ortho nitro benzene ring substituents is 1. The molecule has 0 saturated carbocycles. The number of nitro groups is 1. The fourth-order valence-electron chi connectivity index (χ4n) is 2.03. The summed E-state index contributed by atoms with van der Waals surface area (Å²) in [5.41, 5.74) is 2.37. The van der Waals surface area contributed by atoms with Crippen LogP contribution in [-0.4, -0.2) is 20.0 Å². The van der Waals surface area contributed by atoms with Crippen molar-refractivity contribution in [3.05, 3.63) is 64.8 Å². The van der Waals surface area contributed by atoms with Gasteiger partial charge in [-0.25, -0.2) is 4.98 Å². The van der Waals surface area contributed by atoms with E-state index in [-0.39, 0.29) is 11.4 Å². The van der Waals surface area contributed by atoms with Crippen molar-refractivity contribution in [1.29, 1.82) is 0 Å². The Morgan fingerprint density at radius 1 is 1.09 bits per heavy atom. The molecular weight excluding hydrogens is 294 g/mol. The summed E-state index contributed by atoms with van der Waals surface area (Å²) >= 11 is 0. The summed E-state index contributed by atoms with van der Waals surface area (Å²) in [5, 5.41) is 20.1. The highest BCUT2D eigenvalue weighted by molar-refractivity contribution is 5.65. The van der Waals surface area contributed by atoms with Crippen LogP contribution in [-0.2, 0) is 0 Å². The van der Waals surface area contributed by atoms with E-state index >= 15 is 0 Å². The van der Waals surface area contributed by atoms with Crippen molar-refractivity contribution in [3.63, 3.8) is 0 Å². The van der Waals surface area contributed by atoms with Crippen LogP contribution in [0, 0.1) is 10.1 Å². The molecule has 0 unspecified atom stereocenters. The van der Waals surface area contributed by atoms with Crippen molar-refractivity contribution in [1.82, 2.24) is 9.97 Å². The molecule has 23 heavy (non-hydrogen) atoms. The number of hydrogen-bond donors (Lipinski definition) is 2. The Morgan fingerprint density at radius 3 is 2.39 bits per heavy atom. The van der Waals surface area contributed by atoms with E-state index in [4.69, 9.17) is 0 Å². The topological polar surface area (TPSA) is 92.1 Å². The first-order valence-corrected chi connectivity index (χ1v) is 7.23. The van der Waals surface area contributed by atoms with Gasteiger partial charge < -0.3 is 10.1 Å². The Hall–Kier alpha value is -3.15. The number of aromatic hydroxyl groups is 1. The third-order valence-corrected chi connectivity index (χ3v) is 3.08. The number of imidazole rings is 1. The minimum atomic E-state index is -0.436. The number of hydrogen-bond acceptors (Lipinski definition) is 4. The first-order chi connectivity index (χ1) is 11.1. The zero-order valence-corrected chi connectivity index (χ0v) is 12.9. The number of H-pyrrole nitrogens is 1. The summed E-state index contributed by atoms with van der Waals surface area (Å²) in [6.45, 7) is 4.00. The lowest BCUT2D eigenvalue weighted by Gasteiger charge is -1.99. The van der Waals surface area contributed by atoms with Gasteiger partial charge in [-0.15, -0.1) is 0 Å². The van der Waals surface area contributed by atoms with Gasteiger partial charge in [-0.3, -0.25) is 10.1 Å². The molecule has 0 radical (unpaired) electrons. The number of nitrogens with one attached hydrogen (secondary N) is 1. The number of aromatic amines is 1. The van der Waals surface area contributed by atoms with Crippen LogP contribution in [0.4, 0.5) is 5.69 Å². The molecule has 0 bridgehead atoms. The minimum absolute atomic E-state index is 0.0477. The molecular formula is C17H17N3O3. The zero-order chi connectivity index (χ0) is 16.8. The summed E-state index contributed by atoms with van der Waals surface area (Å²) < 4.78 is 0. The summed E-state index contributed by atoms with van der Waals surface area (Å²) in [5.74, 6) is 0.792. The second kappa shape index (κ2) is 7.22. The van der Waals surface area contributed by atoms with Gasteiger partial charge in [0.05, 0.1) is 16.8 Å². The number of phenolic OH excluding ortho intramolecular Hbond substituents is 1. The highest BCUT2D eigenvalue weighted by Gasteiger charge is 2.08. The van der Waals surface area contributed by atoms with Gasteiger partial charge in [0.1, 0.15) is 11.6 Å². The molecule has 118 valence electrons. The van der Waals surface area contributed by atoms with E-state index in [1.54, 1.807) is 36.5 Å². The van der Waals surface area contributed by atoms with Crippen LogP contribution in [0.15, 0.2) is 54.7 Å². The second-order valence-electron chi connectivity index (χ2n) is 4.50. The highest BCUT2D eigenvalue weighted by atomic mass is 16.6. The van der Waals surface area contributed by atoms with E-state index in [2.05, 4.69) is 9.97 Å². The molecule has 0 fully saturated rings. The van der Waals surface area contributed by atoms with E-state index in [1.165, 1.54) is 12.1 Å². The van der Waals surface area contributed by atoms with Gasteiger partial charge in [-0.2, -0.15) is 0 Å². The Morgan fingerprint density at radius 2 is 1.78 bits per heavy atom. The molecule has 1 heterocycles. The maximum Gasteiger partial charge on any atom is 0.269 e. The van der Waals surface area contributed by atoms with Crippen LogP contribution in [0.25, 0.3) is 22.6 Å². The smallest absolute Gasteiger partial charge is 0.269 e. The van der Waals surface area contributed by atoms with Gasteiger partial charge in [0, 0.05) is 23.3 Å². The quantitative estimate of drug-likeness (QED) is 0.554. The third kappa shape index (κ3) is 3.74. The van der Waals surface area contributed by atoms with Crippen molar-refractivity contribution in [2.24, 2.45) is 0 Å². The molecule has 6 nitrogen and oxygen atoms in total. The van der Waals surface area contributed by atoms with Crippen molar-refractivity contribution in [2.45, 2.75) is 13.8 Å². The second-order valence-corrected chi connectivity index (χ2v) is 4.50. The maximum atomic E-state index is 10.6. The summed E-state index contributed by atoms with van der Waals surface area (Å²) in [6.07, 6.45) is 1.65. The Bertz CT molecular complexity index is 795. The number of nitro benzene ring substituents is 1. The normalized spacial score (nSPS) is 9.83. The van der Waals surface area contributed by atoms with E-state index in [0.717, 1.165) is 16.8 Å². The summed E-state index contributed by atoms with van der Waals surface area (Å²) in [7, 11) is 0. The van der Waals surface area contributed by atoms with Crippen LogP contribution < -0.4 is 0 Å². The molecule has 0 spiro atoms. The maximum absolute atomic E-state index is 10.6. The molecule has 2 aromatic carbocycles. The number of nitrogens with zero attached hydrogens (tertiary/aromatic N) is 2. The molecule has 3 aromatic rings. The van der Waals surface area contributed by atoms with E-state index in [9.17, 15) is 15.2 Å². The Labute approximate surface area is 133 Å². The average Bonchev–Trinajstić information content (AvgIpc) is 3.07. The van der Waals surface area contributed by atoms with E-state index in [0.29, 0.717) is 5.82 Å². The first kappa shape index (κ1) is 16.2. The van der Waals surface area contributed by atoms with Crippen LogP contribution in [0.5, 0.6) is 5.75 Å². The molecule has 0 saturated heterocycles. The van der Waals surface area contributed by atoms with Crippen LogP contribution in [0.3, 0.4) is 0 Å². The molecule has 6 heteroatoms. The van der Waals surface area contributed by atoms with Gasteiger partial charge in [-0.1, -0.05) is 26.0 Å². The van der Waals surface area contributed by atoms with Gasteiger partial charge in [0.25, 0.3) is 5.69 Å². The standard InChI is InChI=1S/C15H11N3O3.C2H6/c19-13-3-1-2-11(8-13)15-16-9-14(17-15)10-4-6-12(7-5-10)18(20)21;1-2/h1-9,19H,(H,16,17);1-2H3. The fraction of sp³-hybridized carbons (Fsp3) is 0.118. The summed E-state index contributed by atoms with van der Waals surface area (Å²) in [6, 6.07) is 13.0. The van der Waals surface area contributed by atoms with E-state index < -0.39 is 4.92 Å². The van der Waals surface area contributed by atoms with Crippen LogP contribution >= 0.6 is 0 Å². The van der Waals surface area contributed by atoms with Crippen LogP contribution in [0.1, 0.15) is 13.8 Å². The van der Waals surface area contributed by atoms with Gasteiger partial charge in [0.15, 0.2) is 0 Å². The predicted molar refractivity (Wildman–Crippen MR) is 89.1 cm³/mol. The van der Waals surface area contributed by atoms with E-state index in [1.807, 2.05) is 19.9 Å². The summed E-state index contributed by atoms with van der Waals surface area (Å²) in [4.78, 5) is 17.6. The van der Waals surface area contributed by atoms with Crippen molar-refractivity contribution >= 4 is 5.69 Å². The molecule has 0 atom stereocenters. The number of aromatic nitrogens is 2. The van der Waals surface area contributed by atoms with Crippen molar-refractivity contribution in [3.8, 4) is 28.4 Å². The number of rotatable bonds is 3. The SMILES string of the molecule is CC.O=[N+]([O-])c1ccc(-c2cnc(-c3cccc(O)c3)[nH]2)cc1. The molecule has 3 rings (SSSR count). The van der Waals surface area contributed by atoms with Crippen LogP contribution in [0.2, 0.25) is 0 Å². The molecule has 2 N–H and O–H groups in total. The average molecular weight is 311 g/mol. The monoisotopic (exact) mass is 311 g/mol.